The number of nitrogens with zero attached hydrogens (tertiary/aromatic N) is 2. The van der Waals surface area contributed by atoms with E-state index in [1.165, 1.54) is 24.2 Å². The lowest BCUT2D eigenvalue weighted by Crippen LogP contribution is -2.55. The molecule has 4 N–H and O–H groups in total. The van der Waals surface area contributed by atoms with Gasteiger partial charge in [0.1, 0.15) is 5.60 Å². The van der Waals surface area contributed by atoms with Crippen LogP contribution in [0, 0.1) is 0 Å². The molecule has 0 bridgehead atoms. The van der Waals surface area contributed by atoms with Gasteiger partial charge in [-0.3, -0.25) is 0 Å². The number of nitrogens with one attached hydrogen (secondary N) is 1. The van der Waals surface area contributed by atoms with Gasteiger partial charge in [-0.05, 0) is 74.0 Å². The van der Waals surface area contributed by atoms with E-state index in [0.29, 0.717) is 35.5 Å². The molecule has 218 valence electrons. The molecule has 10 heteroatoms. The summed E-state index contributed by atoms with van der Waals surface area (Å²) in [5.41, 5.74) is 2.17. The molecule has 2 saturated carbocycles. The zero-order chi connectivity index (χ0) is 28.3. The maximum absolute atomic E-state index is 12.3. The number of hydrogen-bond acceptors (Lipinski definition) is 8. The van der Waals surface area contributed by atoms with Crippen LogP contribution in [-0.2, 0) is 22.6 Å². The van der Waals surface area contributed by atoms with E-state index in [-0.39, 0.29) is 32.5 Å². The standard InChI is InChI=1S/C30H39Cl2N3O5/c31-24-14-22(25(32)13-21(24)5-3-4-10-33-29(17-36,18-37)19-38)16-40-30(20-39)15-28(30)35-12-11-34(23-8-9-23)26-6-1-2-7-27(26)35/h1-2,6-7,13-14,20,23,28,33,36-38H,3-5,8-12,15-19H2. The summed E-state index contributed by atoms with van der Waals surface area (Å²) in [6.45, 7) is 1.53. The third-order valence-corrected chi connectivity index (χ3v) is 9.26. The second-order valence-corrected chi connectivity index (χ2v) is 12.2. The van der Waals surface area contributed by atoms with E-state index in [2.05, 4.69) is 39.4 Å². The average Bonchev–Trinajstić information content (AvgIpc) is 3.91. The van der Waals surface area contributed by atoms with Crippen molar-refractivity contribution in [3.05, 3.63) is 57.6 Å². The van der Waals surface area contributed by atoms with Crippen LogP contribution >= 0.6 is 23.2 Å². The molecule has 0 spiro atoms. The summed E-state index contributed by atoms with van der Waals surface area (Å²) < 4.78 is 6.26. The molecule has 8 nitrogen and oxygen atoms in total. The van der Waals surface area contributed by atoms with Crippen LogP contribution in [0.4, 0.5) is 11.4 Å². The Labute approximate surface area is 245 Å². The molecule has 2 aromatic carbocycles. The molecular weight excluding hydrogens is 553 g/mol. The van der Waals surface area contributed by atoms with Gasteiger partial charge >= 0.3 is 0 Å². The third-order valence-electron chi connectivity index (χ3n) is 8.55. The van der Waals surface area contributed by atoms with Crippen LogP contribution in [0.2, 0.25) is 10.0 Å². The number of aliphatic hydroxyl groups excluding tert-OH is 3. The predicted molar refractivity (Wildman–Crippen MR) is 158 cm³/mol. The summed E-state index contributed by atoms with van der Waals surface area (Å²) >= 11 is 13.2. The fourth-order valence-electron chi connectivity index (χ4n) is 5.68. The lowest BCUT2D eigenvalue weighted by atomic mass is 10.0. The number of ether oxygens (including phenoxy) is 1. The maximum Gasteiger partial charge on any atom is 0.154 e. The smallest absolute Gasteiger partial charge is 0.154 e. The first-order valence-electron chi connectivity index (χ1n) is 14.2. The van der Waals surface area contributed by atoms with E-state index in [1.807, 2.05) is 12.1 Å². The molecule has 2 unspecified atom stereocenters. The molecule has 0 radical (unpaired) electrons. The molecule has 1 aliphatic heterocycles. The number of carbonyl (C=O) groups excluding carboxylic acids is 1. The highest BCUT2D eigenvalue weighted by molar-refractivity contribution is 6.34. The van der Waals surface area contributed by atoms with Gasteiger partial charge in [0.25, 0.3) is 0 Å². The summed E-state index contributed by atoms with van der Waals surface area (Å²) in [6.07, 6.45) is 6.38. The molecule has 0 saturated heterocycles. The van der Waals surface area contributed by atoms with Crippen LogP contribution in [0.3, 0.4) is 0 Å². The normalized spacial score (nSPS) is 22.4. The van der Waals surface area contributed by atoms with Crippen molar-refractivity contribution in [1.82, 2.24) is 5.32 Å². The van der Waals surface area contributed by atoms with Crippen molar-refractivity contribution < 1.29 is 24.9 Å². The van der Waals surface area contributed by atoms with E-state index >= 15 is 0 Å². The van der Waals surface area contributed by atoms with Crippen molar-refractivity contribution in [2.24, 2.45) is 0 Å². The van der Waals surface area contributed by atoms with Crippen molar-refractivity contribution in [3.8, 4) is 0 Å². The lowest BCUT2D eigenvalue weighted by molar-refractivity contribution is -0.121. The maximum atomic E-state index is 12.3. The lowest BCUT2D eigenvalue weighted by Gasteiger charge is -2.40. The minimum atomic E-state index is -1.07. The Bertz CT molecular complexity index is 1180. The fraction of sp³-hybridized carbons (Fsp3) is 0.567. The van der Waals surface area contributed by atoms with Crippen molar-refractivity contribution in [1.29, 1.82) is 0 Å². The van der Waals surface area contributed by atoms with Gasteiger partial charge in [-0.25, -0.2) is 0 Å². The van der Waals surface area contributed by atoms with E-state index in [0.717, 1.165) is 43.3 Å². The van der Waals surface area contributed by atoms with Gasteiger partial charge in [0.15, 0.2) is 6.29 Å². The molecule has 5 rings (SSSR count). The highest BCUT2D eigenvalue weighted by Crippen LogP contribution is 2.49. The zero-order valence-corrected chi connectivity index (χ0v) is 24.2. The Morgan fingerprint density at radius 2 is 1.60 bits per heavy atom. The predicted octanol–water partition coefficient (Wildman–Crippen LogP) is 3.34. The Balaban J connectivity index is 1.16. The monoisotopic (exact) mass is 591 g/mol. The number of unbranched alkanes of at least 4 members (excludes halogenated alkanes) is 1. The van der Waals surface area contributed by atoms with Crippen LogP contribution in [0.25, 0.3) is 0 Å². The Kier molecular flexibility index (Phi) is 9.27. The number of hydrogen-bond donors (Lipinski definition) is 4. The van der Waals surface area contributed by atoms with Crippen molar-refractivity contribution in [3.63, 3.8) is 0 Å². The number of rotatable bonds is 15. The Hall–Kier alpha value is -1.91. The summed E-state index contributed by atoms with van der Waals surface area (Å²) in [5.74, 6) is 0. The largest absolute Gasteiger partial charge is 0.394 e. The first-order valence-corrected chi connectivity index (χ1v) is 14.9. The molecule has 3 aliphatic rings. The summed E-state index contributed by atoms with van der Waals surface area (Å²) in [6, 6.07) is 12.8. The number of aryl methyl sites for hydroxylation is 1. The van der Waals surface area contributed by atoms with Crippen LogP contribution in [0.15, 0.2) is 36.4 Å². The summed E-state index contributed by atoms with van der Waals surface area (Å²) in [7, 11) is 0. The second-order valence-electron chi connectivity index (χ2n) is 11.4. The highest BCUT2D eigenvalue weighted by Gasteiger charge is 2.60. The highest BCUT2D eigenvalue weighted by atomic mass is 35.5. The van der Waals surface area contributed by atoms with Crippen LogP contribution in [0.1, 0.15) is 43.2 Å². The molecule has 0 amide bonds. The molecule has 2 fully saturated rings. The van der Waals surface area contributed by atoms with Crippen molar-refractivity contribution in [2.45, 2.75) is 68.4 Å². The average molecular weight is 593 g/mol. The number of aldehydes is 1. The van der Waals surface area contributed by atoms with E-state index in [1.54, 1.807) is 0 Å². The number of anilines is 2. The molecule has 40 heavy (non-hydrogen) atoms. The van der Waals surface area contributed by atoms with Gasteiger partial charge in [-0.1, -0.05) is 35.3 Å². The van der Waals surface area contributed by atoms with Crippen LogP contribution in [-0.4, -0.2) is 84.3 Å². The van der Waals surface area contributed by atoms with Gasteiger partial charge in [0, 0.05) is 35.6 Å². The number of benzene rings is 2. The zero-order valence-electron chi connectivity index (χ0n) is 22.7. The third kappa shape index (κ3) is 6.14. The number of halogens is 2. The molecule has 2 atom stereocenters. The van der Waals surface area contributed by atoms with Gasteiger partial charge in [-0.15, -0.1) is 0 Å². The minimum Gasteiger partial charge on any atom is -0.394 e. The van der Waals surface area contributed by atoms with Gasteiger partial charge in [-0.2, -0.15) is 0 Å². The van der Waals surface area contributed by atoms with Crippen LogP contribution in [0.5, 0.6) is 0 Å². The van der Waals surface area contributed by atoms with Gasteiger partial charge in [0.2, 0.25) is 0 Å². The molecule has 1 heterocycles. The Morgan fingerprint density at radius 1 is 0.975 bits per heavy atom. The number of fused-ring (bicyclic) bond motifs is 1. The molecule has 0 aromatic heterocycles. The molecule has 2 aliphatic carbocycles. The summed E-state index contributed by atoms with van der Waals surface area (Å²) in [5, 5.41) is 32.4. The fourth-order valence-corrected chi connectivity index (χ4v) is 6.21. The SMILES string of the molecule is O=CC1(OCc2cc(Cl)c(CCCCNC(CO)(CO)CO)cc2Cl)CC1N1CCN(C2CC2)c2ccccc21. The second kappa shape index (κ2) is 12.5. The van der Waals surface area contributed by atoms with Crippen molar-refractivity contribution in [2.75, 3.05) is 49.3 Å². The number of aliphatic hydroxyl groups is 3. The van der Waals surface area contributed by atoms with E-state index in [4.69, 9.17) is 27.9 Å². The van der Waals surface area contributed by atoms with E-state index < -0.39 is 11.1 Å². The van der Waals surface area contributed by atoms with Crippen LogP contribution < -0.4 is 15.1 Å². The first kappa shape index (κ1) is 29.6. The van der Waals surface area contributed by atoms with Crippen molar-refractivity contribution >= 4 is 40.9 Å². The first-order chi connectivity index (χ1) is 19.4. The number of para-hydroxylation sites is 2. The quantitative estimate of drug-likeness (QED) is 0.185. The molecule has 2 aromatic rings. The summed E-state index contributed by atoms with van der Waals surface area (Å²) in [4.78, 5) is 17.1. The molecular formula is C30H39Cl2N3O5. The van der Waals surface area contributed by atoms with Gasteiger partial charge < -0.3 is 40.0 Å². The Morgan fingerprint density at radius 3 is 2.25 bits per heavy atom. The van der Waals surface area contributed by atoms with Gasteiger partial charge in [0.05, 0.1) is 49.4 Å². The number of carbonyl (C=O) groups is 1. The topological polar surface area (TPSA) is 106 Å². The van der Waals surface area contributed by atoms with E-state index in [9.17, 15) is 20.1 Å². The minimum absolute atomic E-state index is 0.00383.